The molecule has 0 radical (unpaired) electrons. The van der Waals surface area contributed by atoms with E-state index in [4.69, 9.17) is 11.6 Å². The van der Waals surface area contributed by atoms with Crippen molar-refractivity contribution in [1.82, 2.24) is 4.98 Å². The average Bonchev–Trinajstić information content (AvgIpc) is 3.25. The standard InChI is InChI=1S/C23H16ClN3O3S/c1-14-5-6-17(12-21(14)27(29)30)22(28)25-19-4-2-3-16(11-19)20-13-31-23(26-20)15-7-9-18(24)10-8-15/h2-13H,1H3,(H,25,28). The van der Waals surface area contributed by atoms with E-state index in [0.29, 0.717) is 16.3 Å². The van der Waals surface area contributed by atoms with E-state index >= 15 is 0 Å². The Morgan fingerprint density at radius 2 is 1.84 bits per heavy atom. The molecule has 0 aliphatic carbocycles. The topological polar surface area (TPSA) is 85.1 Å². The van der Waals surface area contributed by atoms with Gasteiger partial charge in [0.25, 0.3) is 11.6 Å². The van der Waals surface area contributed by atoms with E-state index in [1.54, 1.807) is 25.1 Å². The lowest BCUT2D eigenvalue weighted by Gasteiger charge is -2.07. The maximum Gasteiger partial charge on any atom is 0.273 e. The Balaban J connectivity index is 1.55. The van der Waals surface area contributed by atoms with Gasteiger partial charge in [-0.3, -0.25) is 14.9 Å². The molecular weight excluding hydrogens is 434 g/mol. The van der Waals surface area contributed by atoms with Crippen LogP contribution in [0.1, 0.15) is 15.9 Å². The van der Waals surface area contributed by atoms with Crippen molar-refractivity contribution in [1.29, 1.82) is 0 Å². The molecule has 4 rings (SSSR count). The van der Waals surface area contributed by atoms with Crippen LogP contribution in [0, 0.1) is 17.0 Å². The molecular formula is C23H16ClN3O3S. The zero-order chi connectivity index (χ0) is 22.0. The van der Waals surface area contributed by atoms with Crippen LogP contribution in [0.2, 0.25) is 5.02 Å². The fourth-order valence-electron chi connectivity index (χ4n) is 3.04. The van der Waals surface area contributed by atoms with Crippen molar-refractivity contribution in [3.05, 3.63) is 98.4 Å². The molecule has 0 aliphatic rings. The number of carbonyl (C=O) groups excluding carboxylic acids is 1. The zero-order valence-corrected chi connectivity index (χ0v) is 17.9. The quantitative estimate of drug-likeness (QED) is 0.274. The Hall–Kier alpha value is -3.55. The third kappa shape index (κ3) is 4.63. The first-order valence-corrected chi connectivity index (χ1v) is 10.5. The minimum atomic E-state index is -0.493. The highest BCUT2D eigenvalue weighted by Gasteiger charge is 2.15. The van der Waals surface area contributed by atoms with Gasteiger partial charge in [-0.2, -0.15) is 0 Å². The molecule has 154 valence electrons. The summed E-state index contributed by atoms with van der Waals surface area (Å²) in [5.74, 6) is -0.416. The average molecular weight is 450 g/mol. The highest BCUT2D eigenvalue weighted by Crippen LogP contribution is 2.30. The largest absolute Gasteiger partial charge is 0.322 e. The van der Waals surface area contributed by atoms with Gasteiger partial charge >= 0.3 is 0 Å². The number of hydrogen-bond donors (Lipinski definition) is 1. The van der Waals surface area contributed by atoms with E-state index in [-0.39, 0.29) is 11.3 Å². The van der Waals surface area contributed by atoms with Crippen molar-refractivity contribution >= 4 is 40.2 Å². The van der Waals surface area contributed by atoms with Crippen molar-refractivity contribution in [3.63, 3.8) is 0 Å². The highest BCUT2D eigenvalue weighted by molar-refractivity contribution is 7.13. The van der Waals surface area contributed by atoms with Crippen LogP contribution in [0.25, 0.3) is 21.8 Å². The minimum Gasteiger partial charge on any atom is -0.322 e. The second-order valence-corrected chi connectivity index (χ2v) is 8.13. The van der Waals surface area contributed by atoms with Crippen LogP contribution in [0.3, 0.4) is 0 Å². The van der Waals surface area contributed by atoms with Gasteiger partial charge in [-0.15, -0.1) is 11.3 Å². The maximum atomic E-state index is 12.6. The van der Waals surface area contributed by atoms with E-state index < -0.39 is 10.8 Å². The normalized spacial score (nSPS) is 10.6. The van der Waals surface area contributed by atoms with Crippen molar-refractivity contribution in [2.75, 3.05) is 5.32 Å². The number of benzene rings is 3. The van der Waals surface area contributed by atoms with Crippen molar-refractivity contribution in [3.8, 4) is 21.8 Å². The summed E-state index contributed by atoms with van der Waals surface area (Å²) >= 11 is 7.47. The first kappa shape index (κ1) is 20.7. The van der Waals surface area contributed by atoms with Gasteiger partial charge in [-0.25, -0.2) is 4.98 Å². The number of aryl methyl sites for hydroxylation is 1. The van der Waals surface area contributed by atoms with Gasteiger partial charge in [0.1, 0.15) is 5.01 Å². The molecule has 1 amide bonds. The van der Waals surface area contributed by atoms with Crippen LogP contribution in [0.5, 0.6) is 0 Å². The number of carbonyl (C=O) groups is 1. The molecule has 31 heavy (non-hydrogen) atoms. The zero-order valence-electron chi connectivity index (χ0n) is 16.3. The molecule has 4 aromatic rings. The van der Waals surface area contributed by atoms with E-state index in [1.807, 2.05) is 47.8 Å². The Labute approximate surface area is 187 Å². The van der Waals surface area contributed by atoms with Crippen LogP contribution in [0.15, 0.2) is 72.1 Å². The summed E-state index contributed by atoms with van der Waals surface area (Å²) in [6.45, 7) is 1.63. The molecule has 1 aromatic heterocycles. The molecule has 0 bridgehead atoms. The fraction of sp³-hybridized carbons (Fsp3) is 0.0435. The molecule has 0 spiro atoms. The summed E-state index contributed by atoms with van der Waals surface area (Å²) < 4.78 is 0. The first-order valence-electron chi connectivity index (χ1n) is 9.29. The van der Waals surface area contributed by atoms with Gasteiger partial charge in [-0.1, -0.05) is 41.9 Å². The Bertz CT molecular complexity index is 1290. The number of thiazole rings is 1. The van der Waals surface area contributed by atoms with Crippen LogP contribution >= 0.6 is 22.9 Å². The smallest absolute Gasteiger partial charge is 0.273 e. The number of anilines is 1. The van der Waals surface area contributed by atoms with Gasteiger partial charge in [-0.05, 0) is 37.3 Å². The molecule has 0 fully saturated rings. The fourth-order valence-corrected chi connectivity index (χ4v) is 4.00. The summed E-state index contributed by atoms with van der Waals surface area (Å²) in [6, 6.07) is 19.2. The van der Waals surface area contributed by atoms with Crippen molar-refractivity contribution in [2.45, 2.75) is 6.92 Å². The number of nitrogens with one attached hydrogen (secondary N) is 1. The lowest BCUT2D eigenvalue weighted by atomic mass is 10.1. The van der Waals surface area contributed by atoms with Gasteiger partial charge < -0.3 is 5.32 Å². The van der Waals surface area contributed by atoms with Crippen LogP contribution in [0.4, 0.5) is 11.4 Å². The lowest BCUT2D eigenvalue weighted by molar-refractivity contribution is -0.385. The third-order valence-electron chi connectivity index (χ3n) is 4.68. The summed E-state index contributed by atoms with van der Waals surface area (Å²) in [7, 11) is 0. The summed E-state index contributed by atoms with van der Waals surface area (Å²) in [5, 5.41) is 17.4. The van der Waals surface area contributed by atoms with Gasteiger partial charge in [0.15, 0.2) is 0 Å². The van der Waals surface area contributed by atoms with Crippen LogP contribution in [-0.4, -0.2) is 15.8 Å². The second kappa shape index (κ2) is 8.67. The maximum absolute atomic E-state index is 12.6. The Morgan fingerprint density at radius 1 is 1.06 bits per heavy atom. The number of aromatic nitrogens is 1. The number of nitro benzene ring substituents is 1. The van der Waals surface area contributed by atoms with E-state index in [1.165, 1.54) is 17.4 Å². The second-order valence-electron chi connectivity index (χ2n) is 6.84. The molecule has 0 saturated carbocycles. The summed E-state index contributed by atoms with van der Waals surface area (Å²) in [5.41, 5.74) is 3.84. The summed E-state index contributed by atoms with van der Waals surface area (Å²) in [4.78, 5) is 27.9. The predicted molar refractivity (Wildman–Crippen MR) is 124 cm³/mol. The summed E-state index contributed by atoms with van der Waals surface area (Å²) in [6.07, 6.45) is 0. The lowest BCUT2D eigenvalue weighted by Crippen LogP contribution is -2.12. The van der Waals surface area contributed by atoms with Crippen molar-refractivity contribution < 1.29 is 9.72 Å². The van der Waals surface area contributed by atoms with Crippen molar-refractivity contribution in [2.24, 2.45) is 0 Å². The predicted octanol–water partition coefficient (Wildman–Crippen LogP) is 6.60. The molecule has 8 heteroatoms. The molecule has 1 heterocycles. The molecule has 0 saturated heterocycles. The minimum absolute atomic E-state index is 0.0846. The Morgan fingerprint density at radius 3 is 2.58 bits per heavy atom. The third-order valence-corrected chi connectivity index (χ3v) is 5.82. The number of nitro groups is 1. The van der Waals surface area contributed by atoms with Crippen LogP contribution < -0.4 is 5.32 Å². The van der Waals surface area contributed by atoms with Gasteiger partial charge in [0.05, 0.1) is 10.6 Å². The number of nitrogens with zero attached hydrogens (tertiary/aromatic N) is 2. The Kier molecular flexibility index (Phi) is 5.79. The highest BCUT2D eigenvalue weighted by atomic mass is 35.5. The monoisotopic (exact) mass is 449 g/mol. The molecule has 0 aliphatic heterocycles. The number of hydrogen-bond acceptors (Lipinski definition) is 5. The molecule has 3 aromatic carbocycles. The molecule has 1 N–H and O–H groups in total. The molecule has 0 unspecified atom stereocenters. The van der Waals surface area contributed by atoms with Gasteiger partial charge in [0, 0.05) is 44.4 Å². The molecule has 6 nitrogen and oxygen atoms in total. The van der Waals surface area contributed by atoms with E-state index in [0.717, 1.165) is 21.8 Å². The SMILES string of the molecule is Cc1ccc(C(=O)Nc2cccc(-c3csc(-c4ccc(Cl)cc4)n3)c2)cc1[N+](=O)[O-]. The van der Waals surface area contributed by atoms with Gasteiger partial charge in [0.2, 0.25) is 0 Å². The number of halogens is 1. The first-order chi connectivity index (χ1) is 14.9. The molecule has 0 atom stereocenters. The van der Waals surface area contributed by atoms with Crippen LogP contribution in [-0.2, 0) is 0 Å². The number of amides is 1. The van der Waals surface area contributed by atoms with E-state index in [2.05, 4.69) is 10.3 Å². The van der Waals surface area contributed by atoms with E-state index in [9.17, 15) is 14.9 Å². The number of rotatable bonds is 5.